The van der Waals surface area contributed by atoms with E-state index in [1.54, 1.807) is 0 Å². The molecule has 6 heteroatoms. The van der Waals surface area contributed by atoms with Crippen molar-refractivity contribution in [3.05, 3.63) is 65.5 Å². The lowest BCUT2D eigenvalue weighted by Crippen LogP contribution is -2.27. The SMILES string of the molecule is Cc1ccc(CS(=O)(=O)NCCc2ccc3ncoc3c2)cc1. The van der Waals surface area contributed by atoms with Gasteiger partial charge in [0.15, 0.2) is 12.0 Å². The van der Waals surface area contributed by atoms with Crippen LogP contribution in [0.25, 0.3) is 11.1 Å². The van der Waals surface area contributed by atoms with Crippen LogP contribution in [0.5, 0.6) is 0 Å². The Morgan fingerprint density at radius 2 is 1.83 bits per heavy atom. The maximum Gasteiger partial charge on any atom is 0.215 e. The average Bonchev–Trinajstić information content (AvgIpc) is 2.97. The zero-order chi connectivity index (χ0) is 16.3. The molecule has 2 aromatic carbocycles. The molecule has 0 radical (unpaired) electrons. The standard InChI is InChI=1S/C17H18N2O3S/c1-13-2-4-15(5-3-13)11-23(20,21)19-9-8-14-6-7-16-17(10-14)22-12-18-16/h2-7,10,12,19H,8-9,11H2,1H3. The van der Waals surface area contributed by atoms with Gasteiger partial charge in [-0.2, -0.15) is 0 Å². The maximum absolute atomic E-state index is 12.1. The van der Waals surface area contributed by atoms with Crippen LogP contribution in [0, 0.1) is 6.92 Å². The first-order valence-corrected chi connectivity index (χ1v) is 9.02. The third kappa shape index (κ3) is 4.18. The topological polar surface area (TPSA) is 72.2 Å². The highest BCUT2D eigenvalue weighted by Gasteiger charge is 2.11. The van der Waals surface area contributed by atoms with Crippen LogP contribution in [-0.4, -0.2) is 19.9 Å². The van der Waals surface area contributed by atoms with Crippen molar-refractivity contribution in [3.63, 3.8) is 0 Å². The smallest absolute Gasteiger partial charge is 0.215 e. The summed E-state index contributed by atoms with van der Waals surface area (Å²) in [5.41, 5.74) is 4.42. The van der Waals surface area contributed by atoms with Crippen molar-refractivity contribution in [3.8, 4) is 0 Å². The molecule has 120 valence electrons. The number of benzene rings is 2. The molecule has 0 saturated heterocycles. The molecule has 0 spiro atoms. The normalized spacial score (nSPS) is 11.9. The number of hydrogen-bond donors (Lipinski definition) is 1. The van der Waals surface area contributed by atoms with Gasteiger partial charge in [0.2, 0.25) is 10.0 Å². The summed E-state index contributed by atoms with van der Waals surface area (Å²) in [5, 5.41) is 0. The van der Waals surface area contributed by atoms with Crippen LogP contribution in [0.1, 0.15) is 16.7 Å². The summed E-state index contributed by atoms with van der Waals surface area (Å²) in [6, 6.07) is 13.2. The minimum Gasteiger partial charge on any atom is -0.443 e. The van der Waals surface area contributed by atoms with E-state index in [0.717, 1.165) is 22.2 Å². The van der Waals surface area contributed by atoms with Crippen molar-refractivity contribution in [2.24, 2.45) is 0 Å². The van der Waals surface area contributed by atoms with Gasteiger partial charge in [0.1, 0.15) is 5.52 Å². The van der Waals surface area contributed by atoms with Crippen LogP contribution < -0.4 is 4.72 Å². The Labute approximate surface area is 135 Å². The molecule has 0 fully saturated rings. The summed E-state index contributed by atoms with van der Waals surface area (Å²) in [6.07, 6.45) is 2.00. The number of fused-ring (bicyclic) bond motifs is 1. The lowest BCUT2D eigenvalue weighted by molar-refractivity contribution is 0.580. The number of oxazole rings is 1. The van der Waals surface area contributed by atoms with Crippen LogP contribution >= 0.6 is 0 Å². The van der Waals surface area contributed by atoms with Gasteiger partial charge in [0, 0.05) is 6.54 Å². The predicted molar refractivity (Wildman–Crippen MR) is 89.5 cm³/mol. The fourth-order valence-corrected chi connectivity index (χ4v) is 3.51. The summed E-state index contributed by atoms with van der Waals surface area (Å²) in [5.74, 6) is -0.00554. The third-order valence-corrected chi connectivity index (χ3v) is 4.97. The monoisotopic (exact) mass is 330 g/mol. The molecule has 0 unspecified atom stereocenters. The summed E-state index contributed by atoms with van der Waals surface area (Å²) in [6.45, 7) is 2.33. The van der Waals surface area contributed by atoms with E-state index in [4.69, 9.17) is 4.42 Å². The fourth-order valence-electron chi connectivity index (χ4n) is 2.36. The molecule has 0 atom stereocenters. The zero-order valence-corrected chi connectivity index (χ0v) is 13.6. The van der Waals surface area contributed by atoms with Crippen molar-refractivity contribution in [1.82, 2.24) is 9.71 Å². The van der Waals surface area contributed by atoms with Gasteiger partial charge in [-0.25, -0.2) is 18.1 Å². The second-order valence-electron chi connectivity index (χ2n) is 5.54. The second-order valence-corrected chi connectivity index (χ2v) is 7.35. The van der Waals surface area contributed by atoms with Crippen LogP contribution in [0.15, 0.2) is 53.3 Å². The lowest BCUT2D eigenvalue weighted by atomic mass is 10.1. The highest BCUT2D eigenvalue weighted by Crippen LogP contribution is 2.14. The third-order valence-electron chi connectivity index (χ3n) is 3.61. The molecule has 23 heavy (non-hydrogen) atoms. The average molecular weight is 330 g/mol. The van der Waals surface area contributed by atoms with Crippen molar-refractivity contribution in [1.29, 1.82) is 0 Å². The molecule has 0 saturated carbocycles. The van der Waals surface area contributed by atoms with Gasteiger partial charge in [-0.3, -0.25) is 0 Å². The van der Waals surface area contributed by atoms with E-state index in [0.29, 0.717) is 18.5 Å². The molecule has 5 nitrogen and oxygen atoms in total. The molecule has 0 aliphatic rings. The van der Waals surface area contributed by atoms with E-state index in [2.05, 4.69) is 9.71 Å². The van der Waals surface area contributed by atoms with Gasteiger partial charge in [-0.15, -0.1) is 0 Å². The Balaban J connectivity index is 1.57. The summed E-state index contributed by atoms with van der Waals surface area (Å²) >= 11 is 0. The van der Waals surface area contributed by atoms with Crippen molar-refractivity contribution >= 4 is 21.1 Å². The number of aromatic nitrogens is 1. The van der Waals surface area contributed by atoms with Crippen LogP contribution in [0.4, 0.5) is 0 Å². The van der Waals surface area contributed by atoms with Gasteiger partial charge in [-0.1, -0.05) is 35.9 Å². The number of aryl methyl sites for hydroxylation is 1. The largest absolute Gasteiger partial charge is 0.443 e. The van der Waals surface area contributed by atoms with Crippen LogP contribution in [0.3, 0.4) is 0 Å². The summed E-state index contributed by atoms with van der Waals surface area (Å²) < 4.78 is 32.1. The van der Waals surface area contributed by atoms with E-state index in [1.807, 2.05) is 49.4 Å². The molecule has 1 aromatic heterocycles. The first-order valence-electron chi connectivity index (χ1n) is 7.37. The Kier molecular flexibility index (Phi) is 4.45. The molecule has 3 rings (SSSR count). The molecule has 3 aromatic rings. The van der Waals surface area contributed by atoms with Gasteiger partial charge in [-0.05, 0) is 36.6 Å². The number of hydrogen-bond acceptors (Lipinski definition) is 4. The van der Waals surface area contributed by atoms with Crippen molar-refractivity contribution < 1.29 is 12.8 Å². The first-order chi connectivity index (χ1) is 11.0. The van der Waals surface area contributed by atoms with E-state index >= 15 is 0 Å². The predicted octanol–water partition coefficient (Wildman–Crippen LogP) is 2.80. The zero-order valence-electron chi connectivity index (χ0n) is 12.8. The molecular weight excluding hydrogens is 312 g/mol. The highest BCUT2D eigenvalue weighted by molar-refractivity contribution is 7.88. The van der Waals surface area contributed by atoms with Crippen molar-refractivity contribution in [2.45, 2.75) is 19.1 Å². The number of sulfonamides is 1. The molecule has 0 aliphatic heterocycles. The Morgan fingerprint density at radius 1 is 1.09 bits per heavy atom. The quantitative estimate of drug-likeness (QED) is 0.754. The van der Waals surface area contributed by atoms with E-state index in [9.17, 15) is 8.42 Å². The number of nitrogens with one attached hydrogen (secondary N) is 1. The van der Waals surface area contributed by atoms with E-state index in [1.165, 1.54) is 6.39 Å². The maximum atomic E-state index is 12.1. The van der Waals surface area contributed by atoms with E-state index in [-0.39, 0.29) is 5.75 Å². The Hall–Kier alpha value is -2.18. The first kappa shape index (κ1) is 15.7. The number of rotatable bonds is 6. The summed E-state index contributed by atoms with van der Waals surface area (Å²) in [7, 11) is -3.34. The minimum atomic E-state index is -3.34. The Bertz CT molecular complexity index is 899. The van der Waals surface area contributed by atoms with Gasteiger partial charge < -0.3 is 4.42 Å². The fraction of sp³-hybridized carbons (Fsp3) is 0.235. The highest BCUT2D eigenvalue weighted by atomic mass is 32.2. The Morgan fingerprint density at radius 3 is 2.61 bits per heavy atom. The van der Waals surface area contributed by atoms with Gasteiger partial charge in [0.25, 0.3) is 0 Å². The molecule has 0 bridgehead atoms. The minimum absolute atomic E-state index is 0.00554. The summed E-state index contributed by atoms with van der Waals surface area (Å²) in [4.78, 5) is 4.05. The lowest BCUT2D eigenvalue weighted by Gasteiger charge is -2.07. The molecule has 1 heterocycles. The molecular formula is C17H18N2O3S. The molecule has 0 amide bonds. The molecule has 0 aliphatic carbocycles. The van der Waals surface area contributed by atoms with Gasteiger partial charge >= 0.3 is 0 Å². The van der Waals surface area contributed by atoms with Crippen LogP contribution in [-0.2, 0) is 22.2 Å². The molecule has 1 N–H and O–H groups in total. The second kappa shape index (κ2) is 6.52. The van der Waals surface area contributed by atoms with Gasteiger partial charge in [0.05, 0.1) is 5.75 Å². The number of nitrogens with zero attached hydrogens (tertiary/aromatic N) is 1. The van der Waals surface area contributed by atoms with Crippen LogP contribution in [0.2, 0.25) is 0 Å². The van der Waals surface area contributed by atoms with Crippen molar-refractivity contribution in [2.75, 3.05) is 6.54 Å². The van der Waals surface area contributed by atoms with E-state index < -0.39 is 10.0 Å².